The Hall–Kier alpha value is -2.41. The molecule has 1 aliphatic carbocycles. The third-order valence-corrected chi connectivity index (χ3v) is 5.24. The molecule has 1 aromatic carbocycles. The summed E-state index contributed by atoms with van der Waals surface area (Å²) >= 11 is 5.61. The fraction of sp³-hybridized carbons (Fsp3) is 0.609. The first kappa shape index (κ1) is 31.6. The topological polar surface area (TPSA) is 114 Å². The number of piperidine rings is 1. The Bertz CT molecular complexity index is 855. The van der Waals surface area contributed by atoms with E-state index in [4.69, 9.17) is 30.9 Å². The average molecular weight is 539 g/mol. The summed E-state index contributed by atoms with van der Waals surface area (Å²) in [6.07, 6.45) is -0.0852. The fourth-order valence-corrected chi connectivity index (χ4v) is 3.27. The van der Waals surface area contributed by atoms with Crippen LogP contribution < -0.4 is 15.4 Å². The van der Waals surface area contributed by atoms with E-state index in [1.165, 1.54) is 12.1 Å². The molecular formula is C23H34ClF3N4O5. The van der Waals surface area contributed by atoms with Crippen LogP contribution in [0.1, 0.15) is 33.1 Å². The van der Waals surface area contributed by atoms with Crippen molar-refractivity contribution < 1.29 is 37.3 Å². The number of carbonyl (C=O) groups excluding carboxylic acids is 1. The van der Waals surface area contributed by atoms with Crippen molar-refractivity contribution >= 4 is 30.1 Å². The normalized spacial score (nSPS) is 22.1. The molecule has 0 bridgehead atoms. The van der Waals surface area contributed by atoms with E-state index in [0.29, 0.717) is 19.4 Å². The lowest BCUT2D eigenvalue weighted by molar-refractivity contribution is -0.123. The second-order valence-electron chi connectivity index (χ2n) is 7.42. The molecule has 1 saturated carbocycles. The van der Waals surface area contributed by atoms with Gasteiger partial charge in [-0.25, -0.2) is 13.2 Å². The molecule has 2 aliphatic rings. The molecule has 1 aromatic rings. The van der Waals surface area contributed by atoms with Crippen LogP contribution in [0.15, 0.2) is 28.4 Å². The van der Waals surface area contributed by atoms with Gasteiger partial charge >= 0.3 is 0 Å². The van der Waals surface area contributed by atoms with Gasteiger partial charge < -0.3 is 30.0 Å². The monoisotopic (exact) mass is 538 g/mol. The van der Waals surface area contributed by atoms with Gasteiger partial charge in [0, 0.05) is 38.9 Å². The third kappa shape index (κ3) is 10.7. The van der Waals surface area contributed by atoms with Crippen LogP contribution in [0.3, 0.4) is 0 Å². The number of aliphatic hydroxyl groups is 1. The number of carbonyl (C=O) groups is 1. The summed E-state index contributed by atoms with van der Waals surface area (Å²) in [5.74, 6) is -3.23. The molecule has 2 unspecified atom stereocenters. The second kappa shape index (κ2) is 16.4. The quantitative estimate of drug-likeness (QED) is 0.182. The number of amides is 1. The lowest BCUT2D eigenvalue weighted by Crippen LogP contribution is -2.53. The highest BCUT2D eigenvalue weighted by Crippen LogP contribution is 2.44. The zero-order chi connectivity index (χ0) is 27.1. The summed E-state index contributed by atoms with van der Waals surface area (Å²) < 4.78 is 54.9. The second-order valence-corrected chi connectivity index (χ2v) is 7.83. The molecule has 1 heterocycles. The zero-order valence-electron chi connectivity index (χ0n) is 20.6. The first-order chi connectivity index (χ1) is 17.3. The van der Waals surface area contributed by atoms with Gasteiger partial charge in [0.15, 0.2) is 6.61 Å². The van der Waals surface area contributed by atoms with Gasteiger partial charge in [-0.3, -0.25) is 4.79 Å². The molecule has 3 N–H and O–H groups in total. The average Bonchev–Trinajstić information content (AvgIpc) is 3.50. The van der Waals surface area contributed by atoms with Crippen molar-refractivity contribution in [3.63, 3.8) is 0 Å². The van der Waals surface area contributed by atoms with Gasteiger partial charge in [0.25, 0.3) is 11.8 Å². The lowest BCUT2D eigenvalue weighted by Gasteiger charge is -2.30. The van der Waals surface area contributed by atoms with E-state index < -0.39 is 17.8 Å². The maximum Gasteiger partial charge on any atom is 0.276 e. The molecule has 0 radical (unpaired) electrons. The maximum atomic E-state index is 13.4. The van der Waals surface area contributed by atoms with Crippen LogP contribution in [-0.2, 0) is 14.3 Å². The largest absolute Gasteiger partial charge is 0.484 e. The number of halogens is 4. The van der Waals surface area contributed by atoms with E-state index in [-0.39, 0.29) is 60.9 Å². The Balaban J connectivity index is 0.00000154. The van der Waals surface area contributed by atoms with E-state index in [1.54, 1.807) is 0 Å². The molecule has 3 atom stereocenters. The molecule has 1 aliphatic heterocycles. The Labute approximate surface area is 214 Å². The fourth-order valence-electron chi connectivity index (χ4n) is 3.15. The van der Waals surface area contributed by atoms with Gasteiger partial charge in [-0.1, -0.05) is 25.4 Å². The molecule has 3 rings (SSSR count). The number of nitrogens with one attached hydrogen (secondary N) is 2. The van der Waals surface area contributed by atoms with Crippen LogP contribution in [0.5, 0.6) is 5.75 Å². The van der Waals surface area contributed by atoms with Crippen molar-refractivity contribution in [2.75, 3.05) is 33.5 Å². The van der Waals surface area contributed by atoms with Gasteiger partial charge in [0.2, 0.25) is 5.90 Å². The SMILES string of the molecule is C=N/N=C(\OCCOC1CC1(F)F)C1CC[C@H](NC(=O)COc2ccc(Cl)c(F)c2)CN1.CC.CO. The molecule has 204 valence electrons. The lowest BCUT2D eigenvalue weighted by atomic mass is 10.0. The molecular weight excluding hydrogens is 505 g/mol. The van der Waals surface area contributed by atoms with Crippen molar-refractivity contribution in [2.24, 2.45) is 10.2 Å². The van der Waals surface area contributed by atoms with E-state index in [9.17, 15) is 18.0 Å². The summed E-state index contributed by atoms with van der Waals surface area (Å²) in [5, 5.41) is 20.4. The van der Waals surface area contributed by atoms with Crippen LogP contribution in [0, 0.1) is 5.82 Å². The highest BCUT2D eigenvalue weighted by molar-refractivity contribution is 6.30. The summed E-state index contributed by atoms with van der Waals surface area (Å²) in [6, 6.07) is 3.52. The Morgan fingerprint density at radius 3 is 2.56 bits per heavy atom. The van der Waals surface area contributed by atoms with Gasteiger partial charge in [-0.15, -0.1) is 5.10 Å². The van der Waals surface area contributed by atoms with Crippen molar-refractivity contribution in [3.05, 3.63) is 29.0 Å². The number of hydrogen-bond acceptors (Lipinski definition) is 8. The maximum absolute atomic E-state index is 13.4. The van der Waals surface area contributed by atoms with Crippen LogP contribution in [0.2, 0.25) is 5.02 Å². The number of rotatable bonds is 10. The molecule has 13 heteroatoms. The number of aliphatic hydroxyl groups excluding tert-OH is 1. The number of benzene rings is 1. The molecule has 1 saturated heterocycles. The number of ether oxygens (including phenoxy) is 3. The standard InChI is InChI=1S/C20H24ClF3N4O4.C2H6.CH4O/c1-25-28-19(31-7-6-30-17-9-20(17,23)24)16-5-2-12(10-26-16)27-18(29)11-32-13-3-4-14(21)15(22)8-13;2*1-2/h3-4,8,12,16-17,26H,1-2,5-7,9-11H2,(H,27,29);1-2H3;2H,1H3/b28-19-;;/t12-,16?,17?;;/m0../s1. The van der Waals surface area contributed by atoms with E-state index in [2.05, 4.69) is 27.6 Å². The van der Waals surface area contributed by atoms with Crippen molar-refractivity contribution in [3.8, 4) is 5.75 Å². The van der Waals surface area contributed by atoms with Gasteiger partial charge in [-0.2, -0.15) is 5.10 Å². The molecule has 9 nitrogen and oxygen atoms in total. The minimum atomic E-state index is -2.74. The Morgan fingerprint density at radius 2 is 2.00 bits per heavy atom. The Kier molecular flexibility index (Phi) is 14.4. The van der Waals surface area contributed by atoms with Crippen molar-refractivity contribution in [1.29, 1.82) is 0 Å². The van der Waals surface area contributed by atoms with Crippen molar-refractivity contribution in [1.82, 2.24) is 10.6 Å². The first-order valence-corrected chi connectivity index (χ1v) is 11.9. The minimum Gasteiger partial charge on any atom is -0.484 e. The number of nitrogens with zero attached hydrogens (tertiary/aromatic N) is 2. The smallest absolute Gasteiger partial charge is 0.276 e. The highest BCUT2D eigenvalue weighted by Gasteiger charge is 2.58. The molecule has 1 amide bonds. The van der Waals surface area contributed by atoms with Gasteiger partial charge in [0.1, 0.15) is 24.3 Å². The van der Waals surface area contributed by atoms with Crippen LogP contribution >= 0.6 is 11.6 Å². The van der Waals surface area contributed by atoms with Crippen LogP contribution in [0.25, 0.3) is 0 Å². The van der Waals surface area contributed by atoms with E-state index in [0.717, 1.165) is 13.2 Å². The van der Waals surface area contributed by atoms with Gasteiger partial charge in [-0.05, 0) is 25.0 Å². The predicted octanol–water partition coefficient (Wildman–Crippen LogP) is 3.18. The third-order valence-electron chi connectivity index (χ3n) is 4.93. The summed E-state index contributed by atoms with van der Waals surface area (Å²) in [4.78, 5) is 12.1. The van der Waals surface area contributed by atoms with E-state index >= 15 is 0 Å². The summed E-state index contributed by atoms with van der Waals surface area (Å²) in [5.41, 5.74) is 0. The predicted molar refractivity (Wildman–Crippen MR) is 132 cm³/mol. The first-order valence-electron chi connectivity index (χ1n) is 11.5. The minimum absolute atomic E-state index is 0.0132. The molecule has 0 spiro atoms. The van der Waals surface area contributed by atoms with Crippen LogP contribution in [-0.4, -0.2) is 81.2 Å². The molecule has 36 heavy (non-hydrogen) atoms. The highest BCUT2D eigenvalue weighted by atomic mass is 35.5. The summed E-state index contributed by atoms with van der Waals surface area (Å²) in [6.45, 7) is 7.56. The zero-order valence-corrected chi connectivity index (χ0v) is 21.4. The van der Waals surface area contributed by atoms with Crippen LogP contribution in [0.4, 0.5) is 13.2 Å². The molecule has 2 fully saturated rings. The van der Waals surface area contributed by atoms with Crippen molar-refractivity contribution in [2.45, 2.75) is 57.2 Å². The Morgan fingerprint density at radius 1 is 1.31 bits per heavy atom. The van der Waals surface area contributed by atoms with Gasteiger partial charge in [0.05, 0.1) is 17.7 Å². The number of hydrogen-bond donors (Lipinski definition) is 3. The van der Waals surface area contributed by atoms with E-state index in [1.807, 2.05) is 13.8 Å². The number of alkyl halides is 2. The molecule has 0 aromatic heterocycles. The summed E-state index contributed by atoms with van der Waals surface area (Å²) in [7, 11) is 1.00.